The van der Waals surface area contributed by atoms with Gasteiger partial charge in [-0.2, -0.15) is 11.8 Å². The first-order valence-electron chi connectivity index (χ1n) is 8.69. The van der Waals surface area contributed by atoms with Crippen molar-refractivity contribution in [2.45, 2.75) is 40.3 Å². The minimum atomic E-state index is 0.0772. The number of rotatable bonds is 7. The zero-order chi connectivity index (χ0) is 17.8. The highest BCUT2D eigenvalue weighted by atomic mass is 32.2. The highest BCUT2D eigenvalue weighted by Crippen LogP contribution is 2.30. The number of thioether (sulfide) groups is 1. The molecular formula is C18H25N3O2S2. The van der Waals surface area contributed by atoms with Crippen LogP contribution in [0.4, 0.5) is 0 Å². The van der Waals surface area contributed by atoms with Gasteiger partial charge in [0.05, 0.1) is 11.3 Å². The predicted octanol–water partition coefficient (Wildman–Crippen LogP) is 3.39. The Labute approximate surface area is 157 Å². The van der Waals surface area contributed by atoms with Gasteiger partial charge < -0.3 is 9.84 Å². The lowest BCUT2D eigenvalue weighted by Gasteiger charge is -2.27. The number of aromatic nitrogens is 1. The van der Waals surface area contributed by atoms with Crippen molar-refractivity contribution >= 4 is 29.0 Å². The summed E-state index contributed by atoms with van der Waals surface area (Å²) in [7, 11) is 0. The van der Waals surface area contributed by atoms with Crippen molar-refractivity contribution in [1.82, 2.24) is 15.4 Å². The van der Waals surface area contributed by atoms with Crippen LogP contribution in [-0.2, 0) is 19.5 Å². The van der Waals surface area contributed by atoms with Gasteiger partial charge in [0.1, 0.15) is 5.76 Å². The van der Waals surface area contributed by atoms with E-state index in [4.69, 9.17) is 4.52 Å². The van der Waals surface area contributed by atoms with Gasteiger partial charge in [0, 0.05) is 47.8 Å². The number of aryl methyl sites for hydroxylation is 2. The fourth-order valence-electron chi connectivity index (χ4n) is 3.13. The summed E-state index contributed by atoms with van der Waals surface area (Å²) in [5.41, 5.74) is 4.27. The van der Waals surface area contributed by atoms with Gasteiger partial charge >= 0.3 is 0 Å². The van der Waals surface area contributed by atoms with Crippen molar-refractivity contribution in [3.05, 3.63) is 38.4 Å². The third kappa shape index (κ3) is 4.27. The Bertz CT molecular complexity index is 719. The minimum absolute atomic E-state index is 0.0772. The van der Waals surface area contributed by atoms with E-state index in [-0.39, 0.29) is 5.91 Å². The Morgan fingerprint density at radius 3 is 3.04 bits per heavy atom. The molecule has 136 valence electrons. The largest absolute Gasteiger partial charge is 0.361 e. The van der Waals surface area contributed by atoms with Crippen molar-refractivity contribution in [2.24, 2.45) is 0 Å². The molecule has 5 nitrogen and oxygen atoms in total. The molecule has 2 aromatic heterocycles. The summed E-state index contributed by atoms with van der Waals surface area (Å²) in [6, 6.07) is 0. The van der Waals surface area contributed by atoms with Gasteiger partial charge in [-0.3, -0.25) is 9.69 Å². The first-order chi connectivity index (χ1) is 12.1. The maximum atomic E-state index is 12.4. The first-order valence-corrected chi connectivity index (χ1v) is 10.7. The summed E-state index contributed by atoms with van der Waals surface area (Å²) >= 11 is 3.55. The Kier molecular flexibility index (Phi) is 6.19. The van der Waals surface area contributed by atoms with Gasteiger partial charge in [-0.05, 0) is 31.6 Å². The molecule has 3 rings (SSSR count). The van der Waals surface area contributed by atoms with Gasteiger partial charge in [-0.1, -0.05) is 12.1 Å². The van der Waals surface area contributed by atoms with E-state index in [1.807, 2.05) is 31.0 Å². The Morgan fingerprint density at radius 1 is 1.48 bits per heavy atom. The van der Waals surface area contributed by atoms with Crippen LogP contribution in [-0.4, -0.2) is 40.6 Å². The Balaban J connectivity index is 1.61. The molecule has 0 spiro atoms. The van der Waals surface area contributed by atoms with Crippen LogP contribution in [0.1, 0.15) is 44.7 Å². The molecule has 0 atom stereocenters. The van der Waals surface area contributed by atoms with E-state index in [1.54, 1.807) is 11.3 Å². The molecule has 0 bridgehead atoms. The van der Waals surface area contributed by atoms with Crippen molar-refractivity contribution in [1.29, 1.82) is 0 Å². The SMILES string of the molecule is CCSCCNC(=O)c1csc2c1CCN(Cc1c(C)noc1C)C2. The standard InChI is InChI=1S/C18H25N3O2S2/c1-4-24-8-6-19-18(22)16-11-25-17-10-21(7-5-14(16)17)9-15-12(2)20-23-13(15)3/h11H,4-10H2,1-3H3,(H,19,22). The Morgan fingerprint density at radius 2 is 2.32 bits per heavy atom. The molecule has 2 aromatic rings. The van der Waals surface area contributed by atoms with E-state index in [0.29, 0.717) is 0 Å². The molecule has 0 unspecified atom stereocenters. The third-order valence-corrected chi connectivity index (χ3v) is 6.48. The van der Waals surface area contributed by atoms with Crippen molar-refractivity contribution < 1.29 is 9.32 Å². The van der Waals surface area contributed by atoms with E-state index < -0.39 is 0 Å². The lowest BCUT2D eigenvalue weighted by molar-refractivity contribution is 0.0955. The monoisotopic (exact) mass is 379 g/mol. The molecule has 0 saturated carbocycles. The lowest BCUT2D eigenvalue weighted by Crippen LogP contribution is -2.31. The molecule has 0 aliphatic carbocycles. The second-order valence-corrected chi connectivity index (χ2v) is 8.63. The van der Waals surface area contributed by atoms with Crippen molar-refractivity contribution in [3.63, 3.8) is 0 Å². The number of carbonyl (C=O) groups is 1. The van der Waals surface area contributed by atoms with Gasteiger partial charge in [0.25, 0.3) is 5.91 Å². The molecule has 3 heterocycles. The topological polar surface area (TPSA) is 58.4 Å². The molecule has 0 radical (unpaired) electrons. The maximum Gasteiger partial charge on any atom is 0.252 e. The highest BCUT2D eigenvalue weighted by molar-refractivity contribution is 7.99. The number of amides is 1. The zero-order valence-electron chi connectivity index (χ0n) is 15.1. The summed E-state index contributed by atoms with van der Waals surface area (Å²) in [4.78, 5) is 16.1. The number of nitrogens with one attached hydrogen (secondary N) is 1. The van der Waals surface area contributed by atoms with E-state index in [0.717, 1.165) is 61.1 Å². The molecule has 0 saturated heterocycles. The van der Waals surface area contributed by atoms with Gasteiger partial charge in [-0.15, -0.1) is 11.3 Å². The number of carbonyl (C=O) groups excluding carboxylic acids is 1. The molecular weight excluding hydrogens is 354 g/mol. The van der Waals surface area contributed by atoms with E-state index in [9.17, 15) is 4.79 Å². The van der Waals surface area contributed by atoms with Crippen LogP contribution >= 0.6 is 23.1 Å². The lowest BCUT2D eigenvalue weighted by atomic mass is 10.0. The summed E-state index contributed by atoms with van der Waals surface area (Å²) in [6.45, 7) is 9.54. The quantitative estimate of drug-likeness (QED) is 0.747. The van der Waals surface area contributed by atoms with E-state index >= 15 is 0 Å². The third-order valence-electron chi connectivity index (χ3n) is 4.57. The van der Waals surface area contributed by atoms with Crippen LogP contribution in [0.15, 0.2) is 9.90 Å². The van der Waals surface area contributed by atoms with Gasteiger partial charge in [0.15, 0.2) is 0 Å². The van der Waals surface area contributed by atoms with Crippen LogP contribution in [0.2, 0.25) is 0 Å². The fourth-order valence-corrected chi connectivity index (χ4v) is 4.79. The first kappa shape index (κ1) is 18.5. The Hall–Kier alpha value is -1.31. The average Bonchev–Trinajstić information content (AvgIpc) is 3.16. The summed E-state index contributed by atoms with van der Waals surface area (Å²) in [6.07, 6.45) is 0.925. The number of thiophene rings is 1. The molecule has 1 amide bonds. The number of fused-ring (bicyclic) bond motifs is 1. The van der Waals surface area contributed by atoms with Crippen molar-refractivity contribution in [2.75, 3.05) is 24.6 Å². The van der Waals surface area contributed by atoms with Crippen molar-refractivity contribution in [3.8, 4) is 0 Å². The fraction of sp³-hybridized carbons (Fsp3) is 0.556. The molecule has 1 N–H and O–H groups in total. The van der Waals surface area contributed by atoms with Gasteiger partial charge in [0.2, 0.25) is 0 Å². The number of hydrogen-bond acceptors (Lipinski definition) is 6. The molecule has 1 aliphatic rings. The summed E-state index contributed by atoms with van der Waals surface area (Å²) in [5.74, 6) is 3.04. The van der Waals surface area contributed by atoms with Crippen LogP contribution in [0, 0.1) is 13.8 Å². The number of hydrogen-bond donors (Lipinski definition) is 1. The molecule has 1 aliphatic heterocycles. The van der Waals surface area contributed by atoms with Crippen LogP contribution in [0.5, 0.6) is 0 Å². The molecule has 0 aromatic carbocycles. The molecule has 0 fully saturated rings. The molecule has 7 heteroatoms. The van der Waals surface area contributed by atoms with Crippen LogP contribution in [0.25, 0.3) is 0 Å². The average molecular weight is 380 g/mol. The maximum absolute atomic E-state index is 12.4. The van der Waals surface area contributed by atoms with Gasteiger partial charge in [-0.25, -0.2) is 0 Å². The summed E-state index contributed by atoms with van der Waals surface area (Å²) in [5, 5.41) is 9.11. The molecule has 25 heavy (non-hydrogen) atoms. The van der Waals surface area contributed by atoms with E-state index in [1.165, 1.54) is 16.0 Å². The van der Waals surface area contributed by atoms with E-state index in [2.05, 4.69) is 22.3 Å². The second kappa shape index (κ2) is 8.38. The second-order valence-electron chi connectivity index (χ2n) is 6.27. The highest BCUT2D eigenvalue weighted by Gasteiger charge is 2.25. The minimum Gasteiger partial charge on any atom is -0.361 e. The van der Waals surface area contributed by atoms with Crippen LogP contribution in [0.3, 0.4) is 0 Å². The predicted molar refractivity (Wildman–Crippen MR) is 103 cm³/mol. The number of nitrogens with zero attached hydrogens (tertiary/aromatic N) is 2. The summed E-state index contributed by atoms with van der Waals surface area (Å²) < 4.78 is 5.27. The smallest absolute Gasteiger partial charge is 0.252 e. The van der Waals surface area contributed by atoms with Crippen LogP contribution < -0.4 is 5.32 Å². The normalized spacial score (nSPS) is 14.5. The zero-order valence-corrected chi connectivity index (χ0v) is 16.7.